The lowest BCUT2D eigenvalue weighted by atomic mass is 9.80. The van der Waals surface area contributed by atoms with Crippen LogP contribution in [-0.2, 0) is 14.3 Å². The Morgan fingerprint density at radius 2 is 2.00 bits per heavy atom. The molecule has 1 amide bonds. The molecule has 0 aliphatic carbocycles. The number of carboxylic acids is 1. The Balaban J connectivity index is 2.69. The zero-order valence-corrected chi connectivity index (χ0v) is 10.8. The third kappa shape index (κ3) is 3.43. The van der Waals surface area contributed by atoms with Gasteiger partial charge in [-0.2, -0.15) is 0 Å². The molecule has 1 aliphatic rings. The van der Waals surface area contributed by atoms with Gasteiger partial charge in [0, 0.05) is 6.61 Å². The molecule has 0 aromatic carbocycles. The fraction of sp³-hybridized carbons (Fsp3) is 0.833. The summed E-state index contributed by atoms with van der Waals surface area (Å²) < 4.78 is 5.33. The molecule has 5 nitrogen and oxygen atoms in total. The number of aliphatic carboxylic acids is 1. The van der Waals surface area contributed by atoms with Crippen LogP contribution >= 0.6 is 0 Å². The maximum absolute atomic E-state index is 12.0. The molecule has 1 fully saturated rings. The second-order valence-electron chi connectivity index (χ2n) is 5.62. The molecule has 0 saturated carbocycles. The first-order valence-electron chi connectivity index (χ1n) is 5.88. The van der Waals surface area contributed by atoms with Gasteiger partial charge < -0.3 is 15.2 Å². The molecule has 17 heavy (non-hydrogen) atoms. The van der Waals surface area contributed by atoms with Crippen molar-refractivity contribution in [3.8, 4) is 0 Å². The highest BCUT2D eigenvalue weighted by molar-refractivity contribution is 5.97. The third-order valence-corrected chi connectivity index (χ3v) is 3.08. The van der Waals surface area contributed by atoms with Crippen molar-refractivity contribution in [1.82, 2.24) is 5.32 Å². The molecule has 0 bridgehead atoms. The molecule has 98 valence electrons. The van der Waals surface area contributed by atoms with Gasteiger partial charge in [0.2, 0.25) is 5.91 Å². The standard InChI is InChI=1S/C12H21NO4/c1-7-8(5-6-17-7)13-10(14)9(11(15)16)12(2,3)4/h7-9H,5-6H2,1-4H3,(H,13,14)(H,15,16). The lowest BCUT2D eigenvalue weighted by molar-refractivity contribution is -0.151. The van der Waals surface area contributed by atoms with E-state index in [0.29, 0.717) is 6.61 Å². The molecule has 1 saturated heterocycles. The van der Waals surface area contributed by atoms with E-state index >= 15 is 0 Å². The molecular formula is C12H21NO4. The molecule has 0 aromatic rings. The quantitative estimate of drug-likeness (QED) is 0.726. The fourth-order valence-electron chi connectivity index (χ4n) is 2.06. The smallest absolute Gasteiger partial charge is 0.316 e. The minimum Gasteiger partial charge on any atom is -0.481 e. The normalized spacial score (nSPS) is 26.6. The predicted octanol–water partition coefficient (Wildman–Crippen LogP) is 1.03. The van der Waals surface area contributed by atoms with E-state index in [-0.39, 0.29) is 12.1 Å². The summed E-state index contributed by atoms with van der Waals surface area (Å²) >= 11 is 0. The number of carboxylic acid groups (broad SMARTS) is 1. The van der Waals surface area contributed by atoms with E-state index in [0.717, 1.165) is 6.42 Å². The van der Waals surface area contributed by atoms with Gasteiger partial charge in [-0.15, -0.1) is 0 Å². The minimum absolute atomic E-state index is 0.0478. The lowest BCUT2D eigenvalue weighted by Gasteiger charge is -2.27. The van der Waals surface area contributed by atoms with Crippen LogP contribution in [0.5, 0.6) is 0 Å². The fourth-order valence-corrected chi connectivity index (χ4v) is 2.06. The van der Waals surface area contributed by atoms with Crippen molar-refractivity contribution < 1.29 is 19.4 Å². The molecule has 3 unspecified atom stereocenters. The van der Waals surface area contributed by atoms with Gasteiger partial charge in [-0.3, -0.25) is 9.59 Å². The average Bonchev–Trinajstić information content (AvgIpc) is 2.48. The van der Waals surface area contributed by atoms with E-state index in [9.17, 15) is 9.59 Å². The number of nitrogens with one attached hydrogen (secondary N) is 1. The van der Waals surface area contributed by atoms with E-state index in [1.807, 2.05) is 6.92 Å². The van der Waals surface area contributed by atoms with Crippen molar-refractivity contribution in [1.29, 1.82) is 0 Å². The van der Waals surface area contributed by atoms with Crippen LogP contribution in [-0.4, -0.2) is 35.7 Å². The summed E-state index contributed by atoms with van der Waals surface area (Å²) in [6, 6.07) is -0.0771. The van der Waals surface area contributed by atoms with Crippen molar-refractivity contribution in [3.63, 3.8) is 0 Å². The molecule has 0 radical (unpaired) electrons. The maximum Gasteiger partial charge on any atom is 0.316 e. The second kappa shape index (κ2) is 5.04. The first-order valence-corrected chi connectivity index (χ1v) is 5.88. The van der Waals surface area contributed by atoms with Gasteiger partial charge in [-0.25, -0.2) is 0 Å². The van der Waals surface area contributed by atoms with Crippen LogP contribution in [0.1, 0.15) is 34.1 Å². The van der Waals surface area contributed by atoms with Crippen molar-refractivity contribution in [2.24, 2.45) is 11.3 Å². The molecule has 2 N–H and O–H groups in total. The molecule has 1 heterocycles. The summed E-state index contributed by atoms with van der Waals surface area (Å²) in [6.45, 7) is 7.74. The largest absolute Gasteiger partial charge is 0.481 e. The SMILES string of the molecule is CC1OCCC1NC(=O)C(C(=O)O)C(C)(C)C. The molecule has 1 aliphatic heterocycles. The van der Waals surface area contributed by atoms with Gasteiger partial charge >= 0.3 is 5.97 Å². The number of hydrogen-bond donors (Lipinski definition) is 2. The number of carbonyl (C=O) groups is 2. The van der Waals surface area contributed by atoms with Crippen molar-refractivity contribution in [2.45, 2.75) is 46.3 Å². The Kier molecular flexibility index (Phi) is 4.14. The molecule has 3 atom stereocenters. The summed E-state index contributed by atoms with van der Waals surface area (Å²) in [5.41, 5.74) is -0.599. The van der Waals surface area contributed by atoms with Gasteiger partial charge in [-0.05, 0) is 18.8 Å². The number of amides is 1. The highest BCUT2D eigenvalue weighted by Gasteiger charge is 2.39. The summed E-state index contributed by atoms with van der Waals surface area (Å²) in [5.74, 6) is -2.54. The number of rotatable bonds is 3. The zero-order valence-electron chi connectivity index (χ0n) is 10.8. The van der Waals surface area contributed by atoms with Gasteiger partial charge in [0.1, 0.15) is 5.92 Å². The highest BCUT2D eigenvalue weighted by atomic mass is 16.5. The molecule has 1 rings (SSSR count). The highest BCUT2D eigenvalue weighted by Crippen LogP contribution is 2.27. The Labute approximate surface area is 102 Å². The molecule has 5 heteroatoms. The van der Waals surface area contributed by atoms with E-state index in [4.69, 9.17) is 9.84 Å². The maximum atomic E-state index is 12.0. The summed E-state index contributed by atoms with van der Waals surface area (Å²) in [5, 5.41) is 11.9. The number of ether oxygens (including phenoxy) is 1. The van der Waals surface area contributed by atoms with E-state index in [2.05, 4.69) is 5.32 Å². The lowest BCUT2D eigenvalue weighted by Crippen LogP contribution is -2.48. The van der Waals surface area contributed by atoms with Crippen molar-refractivity contribution in [3.05, 3.63) is 0 Å². The number of carbonyl (C=O) groups excluding carboxylic acids is 1. The average molecular weight is 243 g/mol. The topological polar surface area (TPSA) is 75.6 Å². The summed E-state index contributed by atoms with van der Waals surface area (Å²) in [4.78, 5) is 23.1. The van der Waals surface area contributed by atoms with Crippen molar-refractivity contribution >= 4 is 11.9 Å². The summed E-state index contributed by atoms with van der Waals surface area (Å²) in [7, 11) is 0. The second-order valence-corrected chi connectivity index (χ2v) is 5.62. The summed E-state index contributed by atoms with van der Waals surface area (Å²) in [6.07, 6.45) is 0.692. The third-order valence-electron chi connectivity index (χ3n) is 3.08. The van der Waals surface area contributed by atoms with Crippen LogP contribution in [0.3, 0.4) is 0 Å². The first kappa shape index (κ1) is 14.0. The van der Waals surface area contributed by atoms with Crippen LogP contribution < -0.4 is 5.32 Å². The Morgan fingerprint density at radius 1 is 1.41 bits per heavy atom. The van der Waals surface area contributed by atoms with Gasteiger partial charge in [-0.1, -0.05) is 20.8 Å². The molecule has 0 aromatic heterocycles. The Morgan fingerprint density at radius 3 is 2.35 bits per heavy atom. The van der Waals surface area contributed by atoms with Gasteiger partial charge in [0.15, 0.2) is 0 Å². The first-order chi connectivity index (χ1) is 7.73. The van der Waals surface area contributed by atoms with Gasteiger partial charge in [0.25, 0.3) is 0 Å². The zero-order chi connectivity index (χ0) is 13.2. The van der Waals surface area contributed by atoms with Crippen LogP contribution in [0.25, 0.3) is 0 Å². The van der Waals surface area contributed by atoms with E-state index in [1.165, 1.54) is 0 Å². The van der Waals surface area contributed by atoms with Gasteiger partial charge in [0.05, 0.1) is 12.1 Å². The van der Waals surface area contributed by atoms with E-state index in [1.54, 1.807) is 20.8 Å². The van der Waals surface area contributed by atoms with Crippen LogP contribution in [0, 0.1) is 11.3 Å². The molecule has 0 spiro atoms. The van der Waals surface area contributed by atoms with Crippen molar-refractivity contribution in [2.75, 3.05) is 6.61 Å². The Bertz CT molecular complexity index is 308. The van der Waals surface area contributed by atoms with Crippen LogP contribution in [0.15, 0.2) is 0 Å². The molecular weight excluding hydrogens is 222 g/mol. The number of hydrogen-bond acceptors (Lipinski definition) is 3. The van der Waals surface area contributed by atoms with Crippen LogP contribution in [0.2, 0.25) is 0 Å². The minimum atomic E-state index is -1.08. The monoisotopic (exact) mass is 243 g/mol. The predicted molar refractivity (Wildman–Crippen MR) is 62.5 cm³/mol. The van der Waals surface area contributed by atoms with E-state index < -0.39 is 23.2 Å². The Hall–Kier alpha value is -1.10. The van der Waals surface area contributed by atoms with Crippen LogP contribution in [0.4, 0.5) is 0 Å².